The number of fused-ring (bicyclic) bond motifs is 1. The number of carbonyl (C=O) groups excluding carboxylic acids is 2. The minimum Gasteiger partial charge on any atom is -0.485 e. The van der Waals surface area contributed by atoms with Crippen LogP contribution in [0.5, 0.6) is 11.5 Å². The number of anilines is 1. The number of nitrogens with one attached hydrogen (secondary N) is 1. The number of benzene rings is 2. The van der Waals surface area contributed by atoms with Crippen LogP contribution in [0.2, 0.25) is 0 Å². The van der Waals surface area contributed by atoms with Crippen molar-refractivity contribution in [3.8, 4) is 11.5 Å². The summed E-state index contributed by atoms with van der Waals surface area (Å²) in [6.45, 7) is -0.639. The second-order valence-electron chi connectivity index (χ2n) is 5.15. The lowest BCUT2D eigenvalue weighted by Crippen LogP contribution is -2.39. The van der Waals surface area contributed by atoms with E-state index in [2.05, 4.69) is 5.32 Å². The summed E-state index contributed by atoms with van der Waals surface area (Å²) in [4.78, 5) is 23.7. The average Bonchev–Trinajstić information content (AvgIpc) is 2.62. The summed E-state index contributed by atoms with van der Waals surface area (Å²) in [6.07, 6.45) is -0.994. The fourth-order valence-corrected chi connectivity index (χ4v) is 2.14. The molecule has 130 valence electrons. The Morgan fingerprint density at radius 3 is 2.64 bits per heavy atom. The smallest absolute Gasteiger partial charge is 0.351 e. The Labute approximate surface area is 141 Å². The van der Waals surface area contributed by atoms with Gasteiger partial charge >= 0.3 is 5.97 Å². The van der Waals surface area contributed by atoms with E-state index in [4.69, 9.17) is 14.2 Å². The molecule has 1 amide bonds. The molecule has 25 heavy (non-hydrogen) atoms. The molecule has 0 radical (unpaired) electrons. The molecule has 0 bridgehead atoms. The van der Waals surface area contributed by atoms with Crippen molar-refractivity contribution in [2.75, 3.05) is 18.5 Å². The van der Waals surface area contributed by atoms with Crippen LogP contribution in [0.1, 0.15) is 0 Å². The lowest BCUT2D eigenvalue weighted by molar-refractivity contribution is -0.156. The normalized spacial score (nSPS) is 15.4. The predicted octanol–water partition coefficient (Wildman–Crippen LogP) is 2.29. The average molecular weight is 349 g/mol. The number of carbonyl (C=O) groups is 2. The minimum atomic E-state index is -1.10. The van der Waals surface area contributed by atoms with Gasteiger partial charge in [-0.25, -0.2) is 13.6 Å². The third-order valence-corrected chi connectivity index (χ3v) is 3.32. The molecule has 2 aromatic carbocycles. The Morgan fingerprint density at radius 1 is 1.12 bits per heavy atom. The van der Waals surface area contributed by atoms with Crippen molar-refractivity contribution < 1.29 is 32.6 Å². The maximum Gasteiger partial charge on any atom is 0.351 e. The number of para-hydroxylation sites is 2. The van der Waals surface area contributed by atoms with Crippen molar-refractivity contribution in [3.05, 3.63) is 54.1 Å². The number of ether oxygens (including phenoxy) is 3. The Kier molecular flexibility index (Phi) is 4.78. The van der Waals surface area contributed by atoms with Crippen molar-refractivity contribution in [2.45, 2.75) is 6.10 Å². The van der Waals surface area contributed by atoms with Crippen LogP contribution in [0, 0.1) is 11.6 Å². The third-order valence-electron chi connectivity index (χ3n) is 3.32. The zero-order valence-electron chi connectivity index (χ0n) is 12.8. The van der Waals surface area contributed by atoms with Gasteiger partial charge in [0.2, 0.25) is 6.10 Å². The highest BCUT2D eigenvalue weighted by molar-refractivity contribution is 5.93. The molecule has 0 aromatic heterocycles. The lowest BCUT2D eigenvalue weighted by atomic mass is 10.2. The summed E-state index contributed by atoms with van der Waals surface area (Å²) in [6, 6.07) is 9.73. The molecule has 0 saturated heterocycles. The molecule has 0 spiro atoms. The van der Waals surface area contributed by atoms with E-state index in [0.717, 1.165) is 12.1 Å². The number of hydrogen-bond acceptors (Lipinski definition) is 5. The highest BCUT2D eigenvalue weighted by Gasteiger charge is 2.29. The number of hydrogen-bond donors (Lipinski definition) is 1. The van der Waals surface area contributed by atoms with E-state index in [-0.39, 0.29) is 12.3 Å². The summed E-state index contributed by atoms with van der Waals surface area (Å²) in [5.41, 5.74) is 0.0473. The van der Waals surface area contributed by atoms with Crippen molar-refractivity contribution in [3.63, 3.8) is 0 Å². The van der Waals surface area contributed by atoms with Crippen molar-refractivity contribution in [1.82, 2.24) is 0 Å². The highest BCUT2D eigenvalue weighted by Crippen LogP contribution is 2.31. The van der Waals surface area contributed by atoms with E-state index in [1.54, 1.807) is 24.3 Å². The van der Waals surface area contributed by atoms with Gasteiger partial charge in [-0.05, 0) is 24.3 Å². The van der Waals surface area contributed by atoms with E-state index in [1.165, 1.54) is 6.07 Å². The van der Waals surface area contributed by atoms with E-state index >= 15 is 0 Å². The SMILES string of the molecule is O=C(COC(=O)[C@@H]1COc2ccccc2O1)Nc1ccc(F)c(F)c1. The molecule has 8 heteroatoms. The maximum absolute atomic E-state index is 13.1. The topological polar surface area (TPSA) is 73.9 Å². The zero-order chi connectivity index (χ0) is 17.8. The molecule has 1 heterocycles. The first-order chi connectivity index (χ1) is 12.0. The van der Waals surface area contributed by atoms with E-state index in [1.807, 2.05) is 0 Å². The number of halogens is 2. The Hall–Kier alpha value is -3.16. The minimum absolute atomic E-state index is 0.0410. The van der Waals surface area contributed by atoms with Gasteiger partial charge in [-0.15, -0.1) is 0 Å². The van der Waals surface area contributed by atoms with Gasteiger partial charge in [0.05, 0.1) is 0 Å². The van der Waals surface area contributed by atoms with Crippen LogP contribution < -0.4 is 14.8 Å². The second-order valence-corrected chi connectivity index (χ2v) is 5.15. The monoisotopic (exact) mass is 349 g/mol. The van der Waals surface area contributed by atoms with E-state index < -0.39 is 36.2 Å². The van der Waals surface area contributed by atoms with Gasteiger partial charge in [0.25, 0.3) is 5.91 Å². The van der Waals surface area contributed by atoms with E-state index in [0.29, 0.717) is 11.5 Å². The van der Waals surface area contributed by atoms with Crippen LogP contribution in [0.4, 0.5) is 14.5 Å². The van der Waals surface area contributed by atoms with Gasteiger partial charge in [-0.2, -0.15) is 0 Å². The van der Waals surface area contributed by atoms with E-state index in [9.17, 15) is 18.4 Å². The molecule has 1 N–H and O–H groups in total. The van der Waals surface area contributed by atoms with Crippen molar-refractivity contribution >= 4 is 17.6 Å². The Balaban J connectivity index is 1.50. The molecule has 2 aromatic rings. The van der Waals surface area contributed by atoms with Crippen LogP contribution in [0.25, 0.3) is 0 Å². The summed E-state index contributed by atoms with van der Waals surface area (Å²) in [5.74, 6) is -2.67. The Morgan fingerprint density at radius 2 is 1.88 bits per heavy atom. The molecule has 0 fully saturated rings. The fraction of sp³-hybridized carbons (Fsp3) is 0.176. The summed E-state index contributed by atoms with van der Waals surface area (Å²) < 4.78 is 41.6. The highest BCUT2D eigenvalue weighted by atomic mass is 19.2. The van der Waals surface area contributed by atoms with Gasteiger partial charge in [0.1, 0.15) is 6.61 Å². The van der Waals surface area contributed by atoms with Crippen LogP contribution in [-0.4, -0.2) is 31.2 Å². The largest absolute Gasteiger partial charge is 0.485 e. The molecule has 6 nitrogen and oxygen atoms in total. The first-order valence-electron chi connectivity index (χ1n) is 7.33. The molecule has 0 aliphatic carbocycles. The third kappa shape index (κ3) is 4.03. The lowest BCUT2D eigenvalue weighted by Gasteiger charge is -2.24. The molecular formula is C17H13F2NO5. The molecule has 3 rings (SSSR count). The number of esters is 1. The molecule has 1 aliphatic rings. The van der Waals surface area contributed by atoms with Gasteiger partial charge < -0.3 is 19.5 Å². The van der Waals surface area contributed by atoms with Gasteiger partial charge in [-0.1, -0.05) is 12.1 Å². The summed E-state index contributed by atoms with van der Waals surface area (Å²) in [5, 5.41) is 2.29. The van der Waals surface area contributed by atoms with Gasteiger partial charge in [-0.3, -0.25) is 4.79 Å². The van der Waals surface area contributed by atoms with Crippen molar-refractivity contribution in [1.29, 1.82) is 0 Å². The van der Waals surface area contributed by atoms with Crippen LogP contribution in [0.3, 0.4) is 0 Å². The molecule has 0 unspecified atom stereocenters. The first kappa shape index (κ1) is 16.7. The molecule has 0 saturated carbocycles. The second kappa shape index (κ2) is 7.16. The van der Waals surface area contributed by atoms with Crippen LogP contribution >= 0.6 is 0 Å². The maximum atomic E-state index is 13.1. The quantitative estimate of drug-likeness (QED) is 0.858. The predicted molar refractivity (Wildman–Crippen MR) is 82.3 cm³/mol. The van der Waals surface area contributed by atoms with Crippen LogP contribution in [0.15, 0.2) is 42.5 Å². The van der Waals surface area contributed by atoms with Gasteiger partial charge in [0, 0.05) is 11.8 Å². The standard InChI is InChI=1S/C17H13F2NO5/c18-11-6-5-10(7-12(11)19)20-16(21)9-24-17(22)15-8-23-13-3-1-2-4-14(13)25-15/h1-7,15H,8-9H2,(H,20,21)/t15-/m0/s1. The number of amides is 1. The molecular weight excluding hydrogens is 336 g/mol. The zero-order valence-corrected chi connectivity index (χ0v) is 12.8. The summed E-state index contributed by atoms with van der Waals surface area (Å²) >= 11 is 0. The summed E-state index contributed by atoms with van der Waals surface area (Å²) in [7, 11) is 0. The van der Waals surface area contributed by atoms with Gasteiger partial charge in [0.15, 0.2) is 29.7 Å². The Bertz CT molecular complexity index is 811. The fourth-order valence-electron chi connectivity index (χ4n) is 2.14. The molecule has 1 atom stereocenters. The van der Waals surface area contributed by atoms with Crippen molar-refractivity contribution in [2.24, 2.45) is 0 Å². The molecule has 1 aliphatic heterocycles. The van der Waals surface area contributed by atoms with Crippen LogP contribution in [-0.2, 0) is 14.3 Å². The first-order valence-corrected chi connectivity index (χ1v) is 7.33. The number of rotatable bonds is 4.